The monoisotopic (exact) mass is 270 g/mol. The fourth-order valence-corrected chi connectivity index (χ4v) is 1.77. The van der Waals surface area contributed by atoms with E-state index in [1.165, 1.54) is 12.4 Å². The predicted octanol–water partition coefficient (Wildman–Crippen LogP) is 4.13. The highest BCUT2D eigenvalue weighted by atomic mass is 32.1. The van der Waals surface area contributed by atoms with Crippen LogP contribution in [-0.2, 0) is 6.18 Å². The first-order valence-electron chi connectivity index (χ1n) is 5.11. The van der Waals surface area contributed by atoms with Crippen LogP contribution in [0.15, 0.2) is 30.6 Å². The molecule has 0 saturated carbocycles. The number of rotatable bonds is 1. The Morgan fingerprint density at radius 3 is 2.67 bits per heavy atom. The SMILES string of the molecule is Cc1c(-c2cccc(C(F)(F)F)c2)[nH]cnc1=S. The molecule has 1 N–H and O–H groups in total. The number of nitrogens with one attached hydrogen (secondary N) is 1. The van der Waals surface area contributed by atoms with Crippen molar-refractivity contribution < 1.29 is 13.2 Å². The number of nitrogens with zero attached hydrogens (tertiary/aromatic N) is 1. The highest BCUT2D eigenvalue weighted by molar-refractivity contribution is 7.71. The molecule has 2 nitrogen and oxygen atoms in total. The summed E-state index contributed by atoms with van der Waals surface area (Å²) in [7, 11) is 0. The molecule has 0 fully saturated rings. The summed E-state index contributed by atoms with van der Waals surface area (Å²) in [4.78, 5) is 6.70. The molecule has 0 aliphatic heterocycles. The Morgan fingerprint density at radius 1 is 1.28 bits per heavy atom. The molecule has 0 aliphatic carbocycles. The molecule has 0 saturated heterocycles. The average Bonchev–Trinajstić information content (AvgIpc) is 2.32. The first-order valence-corrected chi connectivity index (χ1v) is 5.52. The maximum absolute atomic E-state index is 12.6. The molecule has 0 amide bonds. The number of alkyl halides is 3. The van der Waals surface area contributed by atoms with Crippen molar-refractivity contribution in [3.63, 3.8) is 0 Å². The quantitative estimate of drug-likeness (QED) is 0.789. The Labute approximate surface area is 107 Å². The minimum absolute atomic E-state index is 0.376. The third-order valence-electron chi connectivity index (χ3n) is 2.57. The first kappa shape index (κ1) is 12.8. The zero-order valence-corrected chi connectivity index (χ0v) is 10.2. The van der Waals surface area contributed by atoms with E-state index in [1.807, 2.05) is 0 Å². The van der Waals surface area contributed by atoms with Gasteiger partial charge in [0.05, 0.1) is 17.6 Å². The van der Waals surface area contributed by atoms with Gasteiger partial charge in [0.25, 0.3) is 0 Å². The summed E-state index contributed by atoms with van der Waals surface area (Å²) in [5.74, 6) is 0. The van der Waals surface area contributed by atoms with Gasteiger partial charge in [-0.15, -0.1) is 0 Å². The molecule has 2 rings (SSSR count). The summed E-state index contributed by atoms with van der Waals surface area (Å²) in [6, 6.07) is 5.10. The Hall–Kier alpha value is -1.69. The summed E-state index contributed by atoms with van der Waals surface area (Å²) in [5.41, 5.74) is 0.972. The van der Waals surface area contributed by atoms with Gasteiger partial charge < -0.3 is 4.98 Å². The maximum atomic E-state index is 12.6. The van der Waals surface area contributed by atoms with Gasteiger partial charge in [0.15, 0.2) is 0 Å². The molecule has 18 heavy (non-hydrogen) atoms. The summed E-state index contributed by atoms with van der Waals surface area (Å²) in [6.07, 6.45) is -2.97. The van der Waals surface area contributed by atoms with Crippen LogP contribution in [0.2, 0.25) is 0 Å². The molecule has 1 aromatic heterocycles. The molecule has 2 aromatic rings. The lowest BCUT2D eigenvalue weighted by Crippen LogP contribution is -2.04. The van der Waals surface area contributed by atoms with E-state index in [2.05, 4.69) is 9.97 Å². The Balaban J connectivity index is 2.59. The molecular formula is C12H9F3N2S. The van der Waals surface area contributed by atoms with Gasteiger partial charge >= 0.3 is 6.18 Å². The van der Waals surface area contributed by atoms with Crippen molar-refractivity contribution in [3.05, 3.63) is 46.4 Å². The van der Waals surface area contributed by atoms with Crippen molar-refractivity contribution in [3.8, 4) is 11.3 Å². The van der Waals surface area contributed by atoms with Gasteiger partial charge in [-0.3, -0.25) is 0 Å². The largest absolute Gasteiger partial charge is 0.416 e. The molecule has 0 radical (unpaired) electrons. The fourth-order valence-electron chi connectivity index (χ4n) is 1.62. The highest BCUT2D eigenvalue weighted by Gasteiger charge is 2.30. The van der Waals surface area contributed by atoms with Crippen molar-refractivity contribution in [2.75, 3.05) is 0 Å². The molecule has 1 heterocycles. The average molecular weight is 270 g/mol. The van der Waals surface area contributed by atoms with Crippen molar-refractivity contribution >= 4 is 12.2 Å². The number of H-pyrrole nitrogens is 1. The topological polar surface area (TPSA) is 28.7 Å². The van der Waals surface area contributed by atoms with Gasteiger partial charge in [0.1, 0.15) is 4.64 Å². The van der Waals surface area contributed by atoms with Crippen LogP contribution in [-0.4, -0.2) is 9.97 Å². The maximum Gasteiger partial charge on any atom is 0.416 e. The van der Waals surface area contributed by atoms with Crippen LogP contribution in [0, 0.1) is 11.6 Å². The number of benzene rings is 1. The summed E-state index contributed by atoms with van der Waals surface area (Å²) < 4.78 is 38.2. The van der Waals surface area contributed by atoms with Crippen molar-refractivity contribution in [2.45, 2.75) is 13.1 Å². The molecule has 1 aromatic carbocycles. The second-order valence-electron chi connectivity index (χ2n) is 3.79. The van der Waals surface area contributed by atoms with E-state index < -0.39 is 11.7 Å². The second-order valence-corrected chi connectivity index (χ2v) is 4.17. The van der Waals surface area contributed by atoms with E-state index in [1.54, 1.807) is 13.0 Å². The number of halogens is 3. The lowest BCUT2D eigenvalue weighted by molar-refractivity contribution is -0.137. The van der Waals surface area contributed by atoms with Crippen LogP contribution < -0.4 is 0 Å². The number of aromatic nitrogens is 2. The molecule has 0 spiro atoms. The predicted molar refractivity (Wildman–Crippen MR) is 64.6 cm³/mol. The van der Waals surface area contributed by atoms with Crippen LogP contribution in [0.5, 0.6) is 0 Å². The van der Waals surface area contributed by atoms with Crippen molar-refractivity contribution in [1.82, 2.24) is 9.97 Å². The molecule has 94 valence electrons. The lowest BCUT2D eigenvalue weighted by atomic mass is 10.0. The first-order chi connectivity index (χ1) is 8.39. The minimum Gasteiger partial charge on any atom is -0.346 e. The smallest absolute Gasteiger partial charge is 0.346 e. The third-order valence-corrected chi connectivity index (χ3v) is 2.98. The second kappa shape index (κ2) is 4.53. The van der Waals surface area contributed by atoms with E-state index in [0.29, 0.717) is 21.5 Å². The van der Waals surface area contributed by atoms with E-state index >= 15 is 0 Å². The molecular weight excluding hydrogens is 261 g/mol. The molecule has 6 heteroatoms. The van der Waals surface area contributed by atoms with E-state index in [-0.39, 0.29) is 0 Å². The zero-order valence-electron chi connectivity index (χ0n) is 9.38. The van der Waals surface area contributed by atoms with Gasteiger partial charge in [-0.05, 0) is 24.6 Å². The fraction of sp³-hybridized carbons (Fsp3) is 0.167. The summed E-state index contributed by atoms with van der Waals surface area (Å²) in [5, 5.41) is 0. The third kappa shape index (κ3) is 2.43. The van der Waals surface area contributed by atoms with E-state index in [4.69, 9.17) is 12.2 Å². The number of hydrogen-bond acceptors (Lipinski definition) is 2. The minimum atomic E-state index is -4.35. The summed E-state index contributed by atoms with van der Waals surface area (Å²) in [6.45, 7) is 1.72. The standard InChI is InChI=1S/C12H9F3N2S/c1-7-10(16-6-17-11(7)18)8-3-2-4-9(5-8)12(13,14)15/h2-6H,1H3,(H,16,17,18). The van der Waals surface area contributed by atoms with Crippen LogP contribution in [0.1, 0.15) is 11.1 Å². The van der Waals surface area contributed by atoms with E-state index in [0.717, 1.165) is 12.1 Å². The van der Waals surface area contributed by atoms with Crippen molar-refractivity contribution in [2.24, 2.45) is 0 Å². The van der Waals surface area contributed by atoms with Crippen LogP contribution in [0.25, 0.3) is 11.3 Å². The summed E-state index contributed by atoms with van der Waals surface area (Å²) >= 11 is 4.99. The number of aromatic amines is 1. The molecule has 0 unspecified atom stereocenters. The molecule has 0 aliphatic rings. The van der Waals surface area contributed by atoms with Gasteiger partial charge in [-0.25, -0.2) is 4.98 Å². The normalized spacial score (nSPS) is 11.6. The Kier molecular flexibility index (Phi) is 3.21. The van der Waals surface area contributed by atoms with Crippen LogP contribution in [0.4, 0.5) is 13.2 Å². The zero-order chi connectivity index (χ0) is 13.3. The lowest BCUT2D eigenvalue weighted by Gasteiger charge is -2.10. The Bertz CT molecular complexity index is 632. The van der Waals surface area contributed by atoms with Gasteiger partial charge in [-0.2, -0.15) is 13.2 Å². The van der Waals surface area contributed by atoms with Gasteiger partial charge in [0.2, 0.25) is 0 Å². The van der Waals surface area contributed by atoms with Crippen LogP contribution in [0.3, 0.4) is 0 Å². The highest BCUT2D eigenvalue weighted by Crippen LogP contribution is 2.32. The van der Waals surface area contributed by atoms with Gasteiger partial charge in [0, 0.05) is 5.56 Å². The molecule has 0 atom stereocenters. The number of hydrogen-bond donors (Lipinski definition) is 1. The van der Waals surface area contributed by atoms with E-state index in [9.17, 15) is 13.2 Å². The van der Waals surface area contributed by atoms with Crippen molar-refractivity contribution in [1.29, 1.82) is 0 Å². The van der Waals surface area contributed by atoms with Gasteiger partial charge in [-0.1, -0.05) is 24.4 Å². The molecule has 0 bridgehead atoms. The Morgan fingerprint density at radius 2 is 2.00 bits per heavy atom. The van der Waals surface area contributed by atoms with Crippen LogP contribution >= 0.6 is 12.2 Å².